The van der Waals surface area contributed by atoms with Crippen LogP contribution in [0.15, 0.2) is 22.7 Å². The lowest BCUT2D eigenvalue weighted by atomic mass is 10.3. The first-order valence-electron chi connectivity index (χ1n) is 5.16. The highest BCUT2D eigenvalue weighted by atomic mass is 79.9. The largest absolute Gasteiger partial charge is 0.446 e. The molecule has 0 fully saturated rings. The Bertz CT molecular complexity index is 577. The Morgan fingerprint density at radius 3 is 2.58 bits per heavy atom. The Balaban J connectivity index is 2.77. The molecule has 0 unspecified atom stereocenters. The summed E-state index contributed by atoms with van der Waals surface area (Å²) in [6.07, 6.45) is -1.55. The maximum atomic E-state index is 12.8. The Kier molecular flexibility index (Phi) is 5.12. The van der Waals surface area contributed by atoms with E-state index in [0.717, 1.165) is 12.1 Å². The second kappa shape index (κ2) is 6.20. The van der Waals surface area contributed by atoms with E-state index in [2.05, 4.69) is 25.4 Å². The fourth-order valence-corrected chi connectivity index (χ4v) is 2.46. The predicted octanol–water partition coefficient (Wildman–Crippen LogP) is 2.38. The van der Waals surface area contributed by atoms with E-state index in [0.29, 0.717) is 0 Å². The summed E-state index contributed by atoms with van der Waals surface area (Å²) < 4.78 is 44.6. The number of hydrogen-bond acceptors (Lipinski definition) is 4. The van der Waals surface area contributed by atoms with Gasteiger partial charge in [0.25, 0.3) is 0 Å². The van der Waals surface area contributed by atoms with E-state index in [-0.39, 0.29) is 10.2 Å². The van der Waals surface area contributed by atoms with Gasteiger partial charge < -0.3 is 4.74 Å². The number of anilines is 1. The van der Waals surface area contributed by atoms with Gasteiger partial charge in [-0.3, -0.25) is 4.72 Å². The van der Waals surface area contributed by atoms with Gasteiger partial charge in [-0.05, 0) is 48.0 Å². The van der Waals surface area contributed by atoms with Crippen LogP contribution in [-0.2, 0) is 14.9 Å². The molecule has 1 amide bonds. The highest BCUT2D eigenvalue weighted by Gasteiger charge is 2.17. The Morgan fingerprint density at radius 1 is 1.42 bits per heavy atom. The van der Waals surface area contributed by atoms with E-state index >= 15 is 0 Å². The third-order valence-corrected chi connectivity index (χ3v) is 3.32. The lowest BCUT2D eigenvalue weighted by Gasteiger charge is -2.12. The Labute approximate surface area is 118 Å². The number of rotatable bonds is 4. The van der Waals surface area contributed by atoms with Gasteiger partial charge in [0, 0.05) is 4.47 Å². The van der Waals surface area contributed by atoms with Crippen LogP contribution in [0.4, 0.5) is 14.9 Å². The summed E-state index contributed by atoms with van der Waals surface area (Å²) in [6.45, 7) is 3.16. The highest BCUT2D eigenvalue weighted by Crippen LogP contribution is 2.23. The van der Waals surface area contributed by atoms with Crippen LogP contribution in [0.5, 0.6) is 0 Å². The van der Waals surface area contributed by atoms with Crippen LogP contribution in [0.1, 0.15) is 13.8 Å². The molecule has 1 aromatic rings. The molecule has 1 aromatic carbocycles. The van der Waals surface area contributed by atoms with Crippen molar-refractivity contribution < 1.29 is 22.3 Å². The second-order valence-electron chi connectivity index (χ2n) is 3.79. The average Bonchev–Trinajstić information content (AvgIpc) is 2.19. The van der Waals surface area contributed by atoms with Crippen LogP contribution in [-0.4, -0.2) is 20.6 Å². The van der Waals surface area contributed by atoms with Gasteiger partial charge in [0.1, 0.15) is 5.82 Å². The molecular weight excluding hydrogens is 343 g/mol. The maximum Gasteiger partial charge on any atom is 0.422 e. The number of ether oxygens (including phenoxy) is 1. The molecule has 0 bridgehead atoms. The molecule has 0 radical (unpaired) electrons. The van der Waals surface area contributed by atoms with Crippen LogP contribution in [0.2, 0.25) is 0 Å². The van der Waals surface area contributed by atoms with E-state index < -0.39 is 28.2 Å². The van der Waals surface area contributed by atoms with Crippen LogP contribution in [0.25, 0.3) is 0 Å². The zero-order valence-electron chi connectivity index (χ0n) is 10.1. The molecule has 0 heterocycles. The lowest BCUT2D eigenvalue weighted by molar-refractivity contribution is 0.121. The van der Waals surface area contributed by atoms with E-state index in [1.54, 1.807) is 18.6 Å². The van der Waals surface area contributed by atoms with E-state index in [1.165, 1.54) is 6.07 Å². The van der Waals surface area contributed by atoms with Gasteiger partial charge in [-0.15, -0.1) is 0 Å². The fourth-order valence-electron chi connectivity index (χ4n) is 1.09. The summed E-state index contributed by atoms with van der Waals surface area (Å²) in [6, 6.07) is 3.38. The van der Waals surface area contributed by atoms with Crippen molar-refractivity contribution >= 4 is 37.9 Å². The summed E-state index contributed by atoms with van der Waals surface area (Å²) in [7, 11) is -4.14. The topological polar surface area (TPSA) is 84.5 Å². The fraction of sp³-hybridized carbons (Fsp3) is 0.300. The zero-order valence-corrected chi connectivity index (χ0v) is 12.5. The standard InChI is InChI=1S/C10H12BrFN2O4S/c1-6(2)18-10(15)14-19(16,17)13-9-4-3-7(12)5-8(9)11/h3-6,13H,1-2H3,(H,14,15). The van der Waals surface area contributed by atoms with Gasteiger partial charge in [-0.1, -0.05) is 0 Å². The van der Waals surface area contributed by atoms with Crippen LogP contribution in [0, 0.1) is 5.82 Å². The quantitative estimate of drug-likeness (QED) is 0.869. The molecule has 0 aliphatic rings. The molecular formula is C10H12BrFN2O4S. The smallest absolute Gasteiger partial charge is 0.422 e. The van der Waals surface area contributed by atoms with Crippen molar-refractivity contribution in [2.24, 2.45) is 0 Å². The van der Waals surface area contributed by atoms with Crippen molar-refractivity contribution in [2.45, 2.75) is 20.0 Å². The van der Waals surface area contributed by atoms with Crippen molar-refractivity contribution in [3.05, 3.63) is 28.5 Å². The third-order valence-electron chi connectivity index (χ3n) is 1.74. The van der Waals surface area contributed by atoms with Crippen LogP contribution < -0.4 is 9.44 Å². The molecule has 6 nitrogen and oxygen atoms in total. The molecule has 19 heavy (non-hydrogen) atoms. The molecule has 0 saturated heterocycles. The number of hydrogen-bond donors (Lipinski definition) is 2. The van der Waals surface area contributed by atoms with E-state index in [4.69, 9.17) is 0 Å². The van der Waals surface area contributed by atoms with Crippen molar-refractivity contribution in [3.8, 4) is 0 Å². The monoisotopic (exact) mass is 354 g/mol. The maximum absolute atomic E-state index is 12.8. The second-order valence-corrected chi connectivity index (χ2v) is 6.06. The van der Waals surface area contributed by atoms with Crippen molar-refractivity contribution in [1.82, 2.24) is 4.72 Å². The van der Waals surface area contributed by atoms with E-state index in [9.17, 15) is 17.6 Å². The molecule has 0 aromatic heterocycles. The molecule has 2 N–H and O–H groups in total. The predicted molar refractivity (Wildman–Crippen MR) is 71.4 cm³/mol. The minimum atomic E-state index is -4.14. The van der Waals surface area contributed by atoms with Crippen LogP contribution in [0.3, 0.4) is 0 Å². The molecule has 0 saturated carbocycles. The number of carbonyl (C=O) groups is 1. The average molecular weight is 355 g/mol. The Morgan fingerprint density at radius 2 is 2.05 bits per heavy atom. The zero-order chi connectivity index (χ0) is 14.6. The number of benzene rings is 1. The minimum absolute atomic E-state index is 0.0891. The summed E-state index contributed by atoms with van der Waals surface area (Å²) in [4.78, 5) is 11.2. The van der Waals surface area contributed by atoms with Crippen LogP contribution >= 0.6 is 15.9 Å². The highest BCUT2D eigenvalue weighted by molar-refractivity contribution is 9.10. The van der Waals surface area contributed by atoms with Gasteiger partial charge in [0.05, 0.1) is 11.8 Å². The molecule has 0 atom stereocenters. The summed E-state index contributed by atoms with van der Waals surface area (Å²) in [5.74, 6) is -0.526. The van der Waals surface area contributed by atoms with Gasteiger partial charge in [-0.2, -0.15) is 8.42 Å². The first-order valence-corrected chi connectivity index (χ1v) is 7.43. The number of amides is 1. The van der Waals surface area contributed by atoms with Gasteiger partial charge in [0.2, 0.25) is 0 Å². The molecule has 1 rings (SSSR count). The summed E-state index contributed by atoms with van der Waals surface area (Å²) >= 11 is 3.00. The summed E-state index contributed by atoms with van der Waals surface area (Å²) in [5, 5.41) is 0. The number of carbonyl (C=O) groups excluding carboxylic acids is 1. The molecule has 9 heteroatoms. The number of nitrogens with one attached hydrogen (secondary N) is 2. The van der Waals surface area contributed by atoms with Crippen molar-refractivity contribution in [1.29, 1.82) is 0 Å². The normalized spacial score (nSPS) is 11.2. The molecule has 0 aliphatic carbocycles. The molecule has 0 aliphatic heterocycles. The third kappa shape index (κ3) is 5.43. The first-order chi connectivity index (χ1) is 8.69. The number of halogens is 2. The molecule has 0 spiro atoms. The SMILES string of the molecule is CC(C)OC(=O)NS(=O)(=O)Nc1ccc(F)cc1Br. The van der Waals surface area contributed by atoms with Gasteiger partial charge in [-0.25, -0.2) is 13.9 Å². The van der Waals surface area contributed by atoms with Gasteiger partial charge in [0.15, 0.2) is 0 Å². The summed E-state index contributed by atoms with van der Waals surface area (Å²) in [5.41, 5.74) is 0.0891. The Hall–Kier alpha value is -1.35. The minimum Gasteiger partial charge on any atom is -0.446 e. The van der Waals surface area contributed by atoms with Gasteiger partial charge >= 0.3 is 16.3 Å². The lowest BCUT2D eigenvalue weighted by Crippen LogP contribution is -2.36. The first kappa shape index (κ1) is 15.7. The van der Waals surface area contributed by atoms with Crippen molar-refractivity contribution in [3.63, 3.8) is 0 Å². The molecule has 106 valence electrons. The van der Waals surface area contributed by atoms with Crippen molar-refractivity contribution in [2.75, 3.05) is 4.72 Å². The van der Waals surface area contributed by atoms with E-state index in [1.807, 2.05) is 0 Å².